The predicted molar refractivity (Wildman–Crippen MR) is 124 cm³/mol. The molecule has 1 aliphatic heterocycles. The number of benzene rings is 2. The number of carbonyl (C=O) groups excluding carboxylic acids is 1. The largest absolute Gasteiger partial charge is 0.322 e. The first-order valence-electron chi connectivity index (χ1n) is 9.85. The Morgan fingerprint density at radius 2 is 1.71 bits per heavy atom. The van der Waals surface area contributed by atoms with Crippen LogP contribution < -0.4 is 5.32 Å². The summed E-state index contributed by atoms with van der Waals surface area (Å²) in [4.78, 5) is 14.7. The summed E-state index contributed by atoms with van der Waals surface area (Å²) in [5.74, 6) is -0.154. The number of anilines is 1. The molecule has 1 saturated heterocycles. The van der Waals surface area contributed by atoms with E-state index in [-0.39, 0.29) is 10.1 Å². The fourth-order valence-corrected chi connectivity index (χ4v) is 6.54. The third kappa shape index (κ3) is 5.34. The van der Waals surface area contributed by atoms with Gasteiger partial charge in [-0.15, -0.1) is 11.3 Å². The van der Waals surface area contributed by atoms with Crippen LogP contribution in [0.25, 0.3) is 0 Å². The van der Waals surface area contributed by atoms with Crippen molar-refractivity contribution in [2.45, 2.75) is 10.8 Å². The molecule has 9 heteroatoms. The first kappa shape index (κ1) is 22.0. The van der Waals surface area contributed by atoms with E-state index in [9.17, 15) is 13.2 Å². The Morgan fingerprint density at radius 3 is 2.39 bits per heavy atom. The van der Waals surface area contributed by atoms with E-state index in [0.29, 0.717) is 42.6 Å². The lowest BCUT2D eigenvalue weighted by molar-refractivity contribution is 0.102. The van der Waals surface area contributed by atoms with E-state index >= 15 is 0 Å². The summed E-state index contributed by atoms with van der Waals surface area (Å²) >= 11 is 6.98. The van der Waals surface area contributed by atoms with Crippen LogP contribution in [-0.2, 0) is 16.6 Å². The first-order valence-corrected chi connectivity index (χ1v) is 12.5. The number of rotatable bonds is 6. The molecule has 0 spiro atoms. The molecular formula is C22H22ClN3O3S2. The molecule has 1 aromatic heterocycles. The Labute approximate surface area is 191 Å². The summed E-state index contributed by atoms with van der Waals surface area (Å²) in [5.41, 5.74) is 2.36. The van der Waals surface area contributed by atoms with Crippen LogP contribution in [0.4, 0.5) is 5.69 Å². The zero-order valence-corrected chi connectivity index (χ0v) is 19.1. The topological polar surface area (TPSA) is 69.7 Å². The minimum absolute atomic E-state index is 0.154. The molecular weight excluding hydrogens is 454 g/mol. The highest BCUT2D eigenvalue weighted by Crippen LogP contribution is 2.28. The van der Waals surface area contributed by atoms with Gasteiger partial charge < -0.3 is 5.32 Å². The van der Waals surface area contributed by atoms with Crippen molar-refractivity contribution in [2.24, 2.45) is 0 Å². The van der Waals surface area contributed by atoms with Gasteiger partial charge in [0.1, 0.15) is 4.21 Å². The van der Waals surface area contributed by atoms with Crippen molar-refractivity contribution < 1.29 is 13.2 Å². The molecule has 3 aromatic rings. The maximum atomic E-state index is 12.7. The van der Waals surface area contributed by atoms with Gasteiger partial charge in [-0.1, -0.05) is 41.9 Å². The van der Waals surface area contributed by atoms with Crippen LogP contribution in [0.5, 0.6) is 0 Å². The third-order valence-electron chi connectivity index (χ3n) is 5.10. The average molecular weight is 476 g/mol. The number of amides is 1. The third-order valence-corrected chi connectivity index (χ3v) is 8.70. The number of hydrogen-bond acceptors (Lipinski definition) is 5. The van der Waals surface area contributed by atoms with Gasteiger partial charge in [-0.25, -0.2) is 8.42 Å². The lowest BCUT2D eigenvalue weighted by Crippen LogP contribution is -2.48. The van der Waals surface area contributed by atoms with E-state index < -0.39 is 10.0 Å². The summed E-state index contributed by atoms with van der Waals surface area (Å²) in [6, 6.07) is 20.0. The summed E-state index contributed by atoms with van der Waals surface area (Å²) in [5, 5.41) is 2.89. The van der Waals surface area contributed by atoms with E-state index in [0.717, 1.165) is 22.6 Å². The van der Waals surface area contributed by atoms with Crippen molar-refractivity contribution in [3.05, 3.63) is 82.2 Å². The number of nitrogens with one attached hydrogen (secondary N) is 1. The van der Waals surface area contributed by atoms with Gasteiger partial charge in [-0.3, -0.25) is 9.69 Å². The van der Waals surface area contributed by atoms with Crippen LogP contribution in [0.1, 0.15) is 15.9 Å². The van der Waals surface area contributed by atoms with Crippen molar-refractivity contribution in [1.29, 1.82) is 0 Å². The number of piperazine rings is 1. The SMILES string of the molecule is O=C(Nc1ccccc1)c1cccc(CN2CCN(S(=O)(=O)c3ccc(Cl)s3)CC2)c1. The van der Waals surface area contributed by atoms with Crippen LogP contribution in [0, 0.1) is 0 Å². The molecule has 1 fully saturated rings. The minimum Gasteiger partial charge on any atom is -0.322 e. The lowest BCUT2D eigenvalue weighted by Gasteiger charge is -2.33. The Morgan fingerprint density at radius 1 is 0.968 bits per heavy atom. The number of nitrogens with zero attached hydrogens (tertiary/aromatic N) is 2. The van der Waals surface area contributed by atoms with Crippen LogP contribution in [0.2, 0.25) is 4.34 Å². The molecule has 2 aromatic carbocycles. The molecule has 0 radical (unpaired) electrons. The maximum Gasteiger partial charge on any atom is 0.255 e. The number of para-hydroxylation sites is 1. The molecule has 0 atom stereocenters. The van der Waals surface area contributed by atoms with Crippen molar-refractivity contribution in [3.8, 4) is 0 Å². The van der Waals surface area contributed by atoms with Crippen LogP contribution in [-0.4, -0.2) is 49.7 Å². The van der Waals surface area contributed by atoms with Crippen molar-refractivity contribution >= 4 is 44.6 Å². The standard InChI is InChI=1S/C22H22ClN3O3S2/c23-20-9-10-21(30-20)31(28,29)26-13-11-25(12-14-26)16-17-5-4-6-18(15-17)22(27)24-19-7-2-1-3-8-19/h1-10,15H,11-14,16H2,(H,24,27). The minimum atomic E-state index is -3.50. The lowest BCUT2D eigenvalue weighted by atomic mass is 10.1. The fourth-order valence-electron chi connectivity index (χ4n) is 3.49. The molecule has 162 valence electrons. The van der Waals surface area contributed by atoms with Gasteiger partial charge >= 0.3 is 0 Å². The molecule has 1 amide bonds. The molecule has 0 bridgehead atoms. The van der Waals surface area contributed by atoms with E-state index in [1.54, 1.807) is 18.2 Å². The van der Waals surface area contributed by atoms with Gasteiger partial charge in [0.15, 0.2) is 0 Å². The van der Waals surface area contributed by atoms with Crippen molar-refractivity contribution in [3.63, 3.8) is 0 Å². The quantitative estimate of drug-likeness (QED) is 0.581. The number of halogens is 1. The van der Waals surface area contributed by atoms with E-state index in [1.165, 1.54) is 4.31 Å². The molecule has 4 rings (SSSR count). The van der Waals surface area contributed by atoms with Crippen LogP contribution in [0.15, 0.2) is 70.9 Å². The van der Waals surface area contributed by atoms with Crippen molar-refractivity contribution in [1.82, 2.24) is 9.21 Å². The van der Waals surface area contributed by atoms with Gasteiger partial charge in [0.25, 0.3) is 15.9 Å². The van der Waals surface area contributed by atoms with Crippen molar-refractivity contribution in [2.75, 3.05) is 31.5 Å². The van der Waals surface area contributed by atoms with Crippen LogP contribution >= 0.6 is 22.9 Å². The Hall–Kier alpha value is -2.23. The summed E-state index contributed by atoms with van der Waals surface area (Å²) in [6.07, 6.45) is 0. The number of hydrogen-bond donors (Lipinski definition) is 1. The molecule has 2 heterocycles. The molecule has 6 nitrogen and oxygen atoms in total. The molecule has 31 heavy (non-hydrogen) atoms. The molecule has 1 aliphatic rings. The van der Waals surface area contributed by atoms with Gasteiger partial charge in [0, 0.05) is 44.0 Å². The maximum absolute atomic E-state index is 12.7. The molecule has 1 N–H and O–H groups in total. The highest BCUT2D eigenvalue weighted by Gasteiger charge is 2.29. The Kier molecular flexibility index (Phi) is 6.74. The summed E-state index contributed by atoms with van der Waals surface area (Å²) in [7, 11) is -3.50. The smallest absolute Gasteiger partial charge is 0.255 e. The number of thiophene rings is 1. The monoisotopic (exact) mass is 475 g/mol. The second-order valence-electron chi connectivity index (χ2n) is 7.26. The second kappa shape index (κ2) is 9.50. The highest BCUT2D eigenvalue weighted by atomic mass is 35.5. The summed E-state index contributed by atoms with van der Waals surface area (Å²) in [6.45, 7) is 2.75. The summed E-state index contributed by atoms with van der Waals surface area (Å²) < 4.78 is 27.8. The van der Waals surface area contributed by atoms with E-state index in [4.69, 9.17) is 11.6 Å². The first-order chi connectivity index (χ1) is 14.9. The Balaban J connectivity index is 1.35. The van der Waals surface area contributed by atoms with E-state index in [1.807, 2.05) is 48.5 Å². The normalized spacial score (nSPS) is 15.6. The predicted octanol–water partition coefficient (Wildman–Crippen LogP) is 4.16. The number of carbonyl (C=O) groups is 1. The number of sulfonamides is 1. The molecule has 0 aliphatic carbocycles. The Bertz CT molecular complexity index is 1160. The zero-order valence-electron chi connectivity index (χ0n) is 16.7. The molecule has 0 saturated carbocycles. The fraction of sp³-hybridized carbons (Fsp3) is 0.227. The van der Waals surface area contributed by atoms with E-state index in [2.05, 4.69) is 10.2 Å². The molecule has 0 unspecified atom stereocenters. The van der Waals surface area contributed by atoms with Gasteiger partial charge in [-0.2, -0.15) is 4.31 Å². The van der Waals surface area contributed by atoms with Crippen LogP contribution in [0.3, 0.4) is 0 Å². The van der Waals surface area contributed by atoms with Gasteiger partial charge in [0.2, 0.25) is 0 Å². The van der Waals surface area contributed by atoms with Gasteiger partial charge in [0.05, 0.1) is 4.34 Å². The van der Waals surface area contributed by atoms with Gasteiger partial charge in [-0.05, 0) is 42.0 Å². The zero-order chi connectivity index (χ0) is 21.8. The second-order valence-corrected chi connectivity index (χ2v) is 11.1. The average Bonchev–Trinajstić information content (AvgIpc) is 3.22. The highest BCUT2D eigenvalue weighted by molar-refractivity contribution is 7.91.